The summed E-state index contributed by atoms with van der Waals surface area (Å²) in [6, 6.07) is 0. The molecule has 0 spiro atoms. The van der Waals surface area contributed by atoms with Gasteiger partial charge in [0.05, 0.1) is 0 Å². The molecule has 0 amide bonds. The minimum absolute atomic E-state index is 0. The summed E-state index contributed by atoms with van der Waals surface area (Å²) < 4.78 is 0. The van der Waals surface area contributed by atoms with Gasteiger partial charge >= 0.3 is 105 Å². The maximum Gasteiger partial charge on any atom is 3.00 e. The summed E-state index contributed by atoms with van der Waals surface area (Å²) in [4.78, 5) is 0. The monoisotopic (exact) mass is 932 g/mol. The van der Waals surface area contributed by atoms with Crippen molar-refractivity contribution in [1.29, 1.82) is 0 Å². The molecule has 0 atom stereocenters. The second-order valence-corrected chi connectivity index (χ2v) is 0. The van der Waals surface area contributed by atoms with Crippen LogP contribution < -0.4 is 0 Å². The molecule has 0 bridgehead atoms. The second-order valence-electron chi connectivity index (χ2n) is 0. The summed E-state index contributed by atoms with van der Waals surface area (Å²) in [6.45, 7) is 0. The van der Waals surface area contributed by atoms with Gasteiger partial charge in [0.25, 0.3) is 0 Å². The SMILES string of the molecule is [Bi+3].[Bi+3].[Bi+3].[Bi+3].[O-2].[O-2].[O-2].[O-2].[O-2].[O-2]. The quantitative estimate of drug-likeness (QED) is 0.240. The maximum absolute atomic E-state index is 0. The molecule has 0 aliphatic rings. The zero-order chi connectivity index (χ0) is 0. The van der Waals surface area contributed by atoms with Crippen molar-refractivity contribution in [3.8, 4) is 0 Å². The largest absolute Gasteiger partial charge is 3.00 e. The summed E-state index contributed by atoms with van der Waals surface area (Å²) >= 11 is 0. The van der Waals surface area contributed by atoms with Crippen LogP contribution in [-0.4, -0.2) is 105 Å². The first-order chi connectivity index (χ1) is 0. The van der Waals surface area contributed by atoms with E-state index in [1.807, 2.05) is 0 Å². The van der Waals surface area contributed by atoms with E-state index in [-0.39, 0.29) is 138 Å². The molecule has 0 aliphatic heterocycles. The number of hydrogen-bond donors (Lipinski definition) is 0. The minimum Gasteiger partial charge on any atom is -2.00 e. The fourth-order valence-corrected chi connectivity index (χ4v) is 0. The zero-order valence-electron chi connectivity index (χ0n) is 4.24. The van der Waals surface area contributed by atoms with Crippen LogP contribution in [0.4, 0.5) is 0 Å². The first-order valence-corrected chi connectivity index (χ1v) is 0. The average molecular weight is 932 g/mol. The van der Waals surface area contributed by atoms with E-state index in [2.05, 4.69) is 0 Å². The van der Waals surface area contributed by atoms with Crippen LogP contribution in [0, 0.1) is 0 Å². The molecule has 56 valence electrons. The van der Waals surface area contributed by atoms with E-state index >= 15 is 0 Å². The first kappa shape index (κ1) is 185. The van der Waals surface area contributed by atoms with Crippen molar-refractivity contribution in [3.05, 3.63) is 0 Å². The van der Waals surface area contributed by atoms with Crippen LogP contribution in [-0.2, 0) is 32.9 Å². The van der Waals surface area contributed by atoms with Gasteiger partial charge in [-0.05, 0) is 0 Å². The number of hydrogen-bond acceptors (Lipinski definition) is 0. The van der Waals surface area contributed by atoms with Crippen molar-refractivity contribution in [1.82, 2.24) is 0 Å². The van der Waals surface area contributed by atoms with E-state index in [9.17, 15) is 0 Å². The predicted octanol–water partition coefficient (Wildman–Crippen LogP) is -2.24. The standard InChI is InChI=1S/4Bi.6O/q4*+3;6*-2. The molecule has 6 nitrogen and oxygen atoms in total. The third-order valence-electron chi connectivity index (χ3n) is 0. The molecule has 8 radical (unpaired) electrons. The fraction of sp³-hybridized carbons (Fsp3) is 0. The average Bonchev–Trinajstić information content (AvgIpc) is 0. The normalized spacial score (nSPS) is 0. The molecule has 0 fully saturated rings. The molecule has 10 heteroatoms. The van der Waals surface area contributed by atoms with Crippen molar-refractivity contribution in [2.75, 3.05) is 0 Å². The Morgan fingerprint density at radius 2 is 0.200 bits per heavy atom. The van der Waals surface area contributed by atoms with Crippen molar-refractivity contribution >= 4 is 105 Å². The van der Waals surface area contributed by atoms with E-state index in [0.29, 0.717) is 0 Å². The van der Waals surface area contributed by atoms with Crippen LogP contribution in [0.15, 0.2) is 0 Å². The Kier molecular flexibility index (Phi) is 2680. The molecule has 0 aromatic carbocycles. The molecule has 0 unspecified atom stereocenters. The molecule has 10 heavy (non-hydrogen) atoms. The van der Waals surface area contributed by atoms with Crippen LogP contribution in [0.2, 0.25) is 0 Å². The topological polar surface area (TPSA) is 171 Å². The third kappa shape index (κ3) is 110. The van der Waals surface area contributed by atoms with Gasteiger partial charge < -0.3 is 32.9 Å². The van der Waals surface area contributed by atoms with Gasteiger partial charge in [0.1, 0.15) is 0 Å². The summed E-state index contributed by atoms with van der Waals surface area (Å²) in [5.41, 5.74) is 0. The molecule has 0 aliphatic carbocycles. The number of rotatable bonds is 0. The molecular weight excluding hydrogens is 932 g/mol. The Hall–Kier alpha value is 3.29. The van der Waals surface area contributed by atoms with Gasteiger partial charge in [0, 0.05) is 0 Å². The van der Waals surface area contributed by atoms with Gasteiger partial charge in [0.2, 0.25) is 0 Å². The van der Waals surface area contributed by atoms with E-state index in [1.54, 1.807) is 0 Å². The van der Waals surface area contributed by atoms with E-state index in [4.69, 9.17) is 0 Å². The minimum atomic E-state index is 0. The van der Waals surface area contributed by atoms with Gasteiger partial charge in [-0.15, -0.1) is 0 Å². The molecule has 0 saturated carbocycles. The van der Waals surface area contributed by atoms with Crippen LogP contribution in [0.5, 0.6) is 0 Å². The molecule has 0 heterocycles. The Morgan fingerprint density at radius 3 is 0.200 bits per heavy atom. The van der Waals surface area contributed by atoms with E-state index in [0.717, 1.165) is 0 Å². The maximum atomic E-state index is 0. The molecule has 0 aromatic rings. The summed E-state index contributed by atoms with van der Waals surface area (Å²) in [5, 5.41) is 0. The van der Waals surface area contributed by atoms with Crippen molar-refractivity contribution in [2.45, 2.75) is 0 Å². The van der Waals surface area contributed by atoms with Crippen LogP contribution in [0.25, 0.3) is 0 Å². The zero-order valence-corrected chi connectivity index (χ0v) is 18.1. The molecule has 0 saturated heterocycles. The Bertz CT molecular complexity index is 9.71. The first-order valence-electron chi connectivity index (χ1n) is 0. The van der Waals surface area contributed by atoms with E-state index < -0.39 is 0 Å². The smallest absolute Gasteiger partial charge is 2.00 e. The van der Waals surface area contributed by atoms with E-state index in [1.165, 1.54) is 0 Å². The molecule has 0 N–H and O–H groups in total. The Morgan fingerprint density at radius 1 is 0.200 bits per heavy atom. The van der Waals surface area contributed by atoms with Gasteiger partial charge in [-0.2, -0.15) is 0 Å². The summed E-state index contributed by atoms with van der Waals surface area (Å²) in [5.74, 6) is 0. The third-order valence-corrected chi connectivity index (χ3v) is 0. The van der Waals surface area contributed by atoms with Gasteiger partial charge in [-0.25, -0.2) is 0 Å². The van der Waals surface area contributed by atoms with Crippen molar-refractivity contribution in [3.63, 3.8) is 0 Å². The van der Waals surface area contributed by atoms with Crippen LogP contribution in [0.1, 0.15) is 0 Å². The van der Waals surface area contributed by atoms with Crippen LogP contribution >= 0.6 is 0 Å². The molecular formula is Bi4O6. The van der Waals surface area contributed by atoms with Crippen molar-refractivity contribution < 1.29 is 32.9 Å². The summed E-state index contributed by atoms with van der Waals surface area (Å²) in [6.07, 6.45) is 0. The van der Waals surface area contributed by atoms with Gasteiger partial charge in [-0.3, -0.25) is 0 Å². The summed E-state index contributed by atoms with van der Waals surface area (Å²) in [7, 11) is 0. The molecule has 0 aromatic heterocycles. The molecule has 0 rings (SSSR count). The second kappa shape index (κ2) is 145. The van der Waals surface area contributed by atoms with Crippen molar-refractivity contribution in [2.24, 2.45) is 0 Å². The van der Waals surface area contributed by atoms with Gasteiger partial charge in [-0.1, -0.05) is 0 Å². The Labute approximate surface area is 135 Å². The van der Waals surface area contributed by atoms with Crippen LogP contribution in [0.3, 0.4) is 0 Å². The fourth-order valence-electron chi connectivity index (χ4n) is 0. The predicted molar refractivity (Wildman–Crippen MR) is 27.1 cm³/mol. The van der Waals surface area contributed by atoms with Gasteiger partial charge in [0.15, 0.2) is 0 Å². The Balaban J connectivity index is 0.